The van der Waals surface area contributed by atoms with Crippen LogP contribution in [0.25, 0.3) is 0 Å². The summed E-state index contributed by atoms with van der Waals surface area (Å²) in [6.45, 7) is 8.13. The van der Waals surface area contributed by atoms with Crippen molar-refractivity contribution in [1.82, 2.24) is 5.32 Å². The first-order valence-electron chi connectivity index (χ1n) is 4.22. The number of amides is 1. The van der Waals surface area contributed by atoms with Crippen molar-refractivity contribution in [1.29, 1.82) is 0 Å². The van der Waals surface area contributed by atoms with Crippen LogP contribution in [0.15, 0.2) is 12.7 Å². The molecule has 0 heterocycles. The number of nitrogens with one attached hydrogen (secondary N) is 1. The monoisotopic (exact) mass is 170 g/mol. The van der Waals surface area contributed by atoms with Crippen molar-refractivity contribution in [3.8, 4) is 0 Å². The molecule has 1 atom stereocenters. The summed E-state index contributed by atoms with van der Waals surface area (Å²) in [7, 11) is 0. The molecule has 0 aliphatic carbocycles. The van der Waals surface area contributed by atoms with Crippen LogP contribution in [0.3, 0.4) is 0 Å². The van der Waals surface area contributed by atoms with Crippen LogP contribution in [0.1, 0.15) is 26.7 Å². The molecule has 0 rings (SSSR count). The predicted molar refractivity (Wildman–Crippen MR) is 50.7 cm³/mol. The fourth-order valence-electron chi connectivity index (χ4n) is 1.08. The molecule has 0 radical (unpaired) electrons. The van der Waals surface area contributed by atoms with Crippen LogP contribution < -0.4 is 11.1 Å². The maximum atomic E-state index is 11.0. The number of likely N-dealkylation sites (N-methyl/N-ethyl adjacent to an activating group) is 1. The molecule has 3 N–H and O–H groups in total. The summed E-state index contributed by atoms with van der Waals surface area (Å²) >= 11 is 0. The first-order chi connectivity index (χ1) is 5.56. The van der Waals surface area contributed by atoms with E-state index in [2.05, 4.69) is 11.9 Å². The van der Waals surface area contributed by atoms with Crippen LogP contribution in [-0.4, -0.2) is 18.0 Å². The molecule has 0 aromatic rings. The number of nitrogens with two attached hydrogens (primary N) is 1. The van der Waals surface area contributed by atoms with Crippen molar-refractivity contribution in [3.05, 3.63) is 12.7 Å². The van der Waals surface area contributed by atoms with Gasteiger partial charge in [-0.1, -0.05) is 13.0 Å². The van der Waals surface area contributed by atoms with Gasteiger partial charge < -0.3 is 11.1 Å². The highest BCUT2D eigenvalue weighted by molar-refractivity contribution is 5.84. The molecule has 3 nitrogen and oxygen atoms in total. The SMILES string of the molecule is C=CCCC(C)(NCC)C(N)=O. The maximum absolute atomic E-state index is 11.0. The van der Waals surface area contributed by atoms with Gasteiger partial charge in [-0.25, -0.2) is 0 Å². The lowest BCUT2D eigenvalue weighted by molar-refractivity contribution is -0.124. The van der Waals surface area contributed by atoms with Crippen molar-refractivity contribution in [2.75, 3.05) is 6.54 Å². The second-order valence-electron chi connectivity index (χ2n) is 3.05. The van der Waals surface area contributed by atoms with Gasteiger partial charge in [-0.2, -0.15) is 0 Å². The van der Waals surface area contributed by atoms with Gasteiger partial charge in [0.2, 0.25) is 5.91 Å². The van der Waals surface area contributed by atoms with E-state index in [0.717, 1.165) is 13.0 Å². The molecule has 0 fully saturated rings. The number of carbonyl (C=O) groups excluding carboxylic acids is 1. The summed E-state index contributed by atoms with van der Waals surface area (Å²) in [6, 6.07) is 0. The average Bonchev–Trinajstić information content (AvgIpc) is 2.01. The van der Waals surface area contributed by atoms with Crippen LogP contribution >= 0.6 is 0 Å². The van der Waals surface area contributed by atoms with E-state index in [1.165, 1.54) is 0 Å². The molecule has 1 amide bonds. The number of allylic oxidation sites excluding steroid dienone is 1. The summed E-state index contributed by atoms with van der Waals surface area (Å²) in [5.41, 5.74) is 4.68. The molecule has 0 spiro atoms. The number of rotatable bonds is 6. The Bertz CT molecular complexity index is 168. The summed E-state index contributed by atoms with van der Waals surface area (Å²) in [6.07, 6.45) is 3.30. The third-order valence-corrected chi connectivity index (χ3v) is 1.96. The van der Waals surface area contributed by atoms with Gasteiger partial charge in [0.05, 0.1) is 5.54 Å². The smallest absolute Gasteiger partial charge is 0.237 e. The molecule has 0 saturated carbocycles. The second kappa shape index (κ2) is 4.93. The van der Waals surface area contributed by atoms with E-state index in [1.54, 1.807) is 6.08 Å². The lowest BCUT2D eigenvalue weighted by atomic mass is 9.95. The van der Waals surface area contributed by atoms with Gasteiger partial charge in [0.1, 0.15) is 0 Å². The van der Waals surface area contributed by atoms with Gasteiger partial charge in [0, 0.05) is 0 Å². The van der Waals surface area contributed by atoms with Crippen LogP contribution in [-0.2, 0) is 4.79 Å². The number of hydrogen-bond acceptors (Lipinski definition) is 2. The molecule has 0 bridgehead atoms. The van der Waals surface area contributed by atoms with E-state index >= 15 is 0 Å². The fraction of sp³-hybridized carbons (Fsp3) is 0.667. The fourth-order valence-corrected chi connectivity index (χ4v) is 1.08. The van der Waals surface area contributed by atoms with Crippen LogP contribution in [0.2, 0.25) is 0 Å². The van der Waals surface area contributed by atoms with Gasteiger partial charge in [0.25, 0.3) is 0 Å². The Kier molecular flexibility index (Phi) is 4.59. The minimum absolute atomic E-state index is 0.300. The first kappa shape index (κ1) is 11.2. The van der Waals surface area contributed by atoms with Gasteiger partial charge in [0.15, 0.2) is 0 Å². The van der Waals surface area contributed by atoms with Gasteiger partial charge >= 0.3 is 0 Å². The normalized spacial score (nSPS) is 15.2. The van der Waals surface area contributed by atoms with Crippen molar-refractivity contribution in [2.45, 2.75) is 32.2 Å². The number of carbonyl (C=O) groups is 1. The standard InChI is InChI=1S/C9H18N2O/c1-4-6-7-9(3,8(10)12)11-5-2/h4,11H,1,5-7H2,2-3H3,(H2,10,12). The highest BCUT2D eigenvalue weighted by Crippen LogP contribution is 2.11. The van der Waals surface area contributed by atoms with E-state index in [1.807, 2.05) is 13.8 Å². The highest BCUT2D eigenvalue weighted by Gasteiger charge is 2.28. The van der Waals surface area contributed by atoms with E-state index in [0.29, 0.717) is 6.42 Å². The molecular formula is C9H18N2O. The Labute approximate surface area is 74.0 Å². The van der Waals surface area contributed by atoms with Gasteiger partial charge in [-0.05, 0) is 26.3 Å². The zero-order valence-corrected chi connectivity index (χ0v) is 7.89. The zero-order chi connectivity index (χ0) is 9.61. The third-order valence-electron chi connectivity index (χ3n) is 1.96. The topological polar surface area (TPSA) is 55.1 Å². The lowest BCUT2D eigenvalue weighted by Gasteiger charge is -2.26. The summed E-state index contributed by atoms with van der Waals surface area (Å²) in [5, 5.41) is 3.07. The molecule has 12 heavy (non-hydrogen) atoms. The molecule has 70 valence electrons. The molecule has 1 unspecified atom stereocenters. The Morgan fingerprint density at radius 1 is 1.75 bits per heavy atom. The Balaban J connectivity index is 4.17. The lowest BCUT2D eigenvalue weighted by Crippen LogP contribution is -2.52. The van der Waals surface area contributed by atoms with Gasteiger partial charge in [-0.15, -0.1) is 6.58 Å². The zero-order valence-electron chi connectivity index (χ0n) is 7.89. The molecule has 0 saturated heterocycles. The van der Waals surface area contributed by atoms with Crippen molar-refractivity contribution in [3.63, 3.8) is 0 Å². The summed E-state index contributed by atoms with van der Waals surface area (Å²) < 4.78 is 0. The minimum Gasteiger partial charge on any atom is -0.368 e. The second-order valence-corrected chi connectivity index (χ2v) is 3.05. The molecule has 0 aromatic heterocycles. The van der Waals surface area contributed by atoms with Crippen molar-refractivity contribution < 1.29 is 4.79 Å². The average molecular weight is 170 g/mol. The Morgan fingerprint density at radius 3 is 2.67 bits per heavy atom. The van der Waals surface area contributed by atoms with E-state index in [-0.39, 0.29) is 5.91 Å². The van der Waals surface area contributed by atoms with Crippen LogP contribution in [0.4, 0.5) is 0 Å². The maximum Gasteiger partial charge on any atom is 0.237 e. The Morgan fingerprint density at radius 2 is 2.33 bits per heavy atom. The molecule has 0 aromatic carbocycles. The summed E-state index contributed by atoms with van der Waals surface area (Å²) in [5.74, 6) is -0.300. The summed E-state index contributed by atoms with van der Waals surface area (Å²) in [4.78, 5) is 11.0. The minimum atomic E-state index is -0.580. The largest absolute Gasteiger partial charge is 0.368 e. The van der Waals surface area contributed by atoms with E-state index in [9.17, 15) is 4.79 Å². The van der Waals surface area contributed by atoms with Crippen molar-refractivity contribution >= 4 is 5.91 Å². The first-order valence-corrected chi connectivity index (χ1v) is 4.22. The Hall–Kier alpha value is -0.830. The molecule has 3 heteroatoms. The van der Waals surface area contributed by atoms with Crippen molar-refractivity contribution in [2.24, 2.45) is 5.73 Å². The van der Waals surface area contributed by atoms with E-state index < -0.39 is 5.54 Å². The molecule has 0 aliphatic rings. The quantitative estimate of drug-likeness (QED) is 0.579. The van der Waals surface area contributed by atoms with Crippen LogP contribution in [0.5, 0.6) is 0 Å². The van der Waals surface area contributed by atoms with E-state index in [4.69, 9.17) is 5.73 Å². The van der Waals surface area contributed by atoms with Gasteiger partial charge in [-0.3, -0.25) is 4.79 Å². The third kappa shape index (κ3) is 3.05. The highest BCUT2D eigenvalue weighted by atomic mass is 16.1. The van der Waals surface area contributed by atoms with Crippen LogP contribution in [0, 0.1) is 0 Å². The predicted octanol–water partition coefficient (Wildman–Crippen LogP) is 0.806. The number of hydrogen-bond donors (Lipinski definition) is 2. The number of primary amides is 1. The molecular weight excluding hydrogens is 152 g/mol. The molecule has 0 aliphatic heterocycles.